The van der Waals surface area contributed by atoms with Gasteiger partial charge in [-0.15, -0.1) is 0 Å². The number of amides is 2. The topological polar surface area (TPSA) is 52.7 Å². The predicted molar refractivity (Wildman–Crippen MR) is 118 cm³/mol. The molecule has 1 aliphatic rings. The van der Waals surface area contributed by atoms with Gasteiger partial charge in [-0.3, -0.25) is 14.5 Å². The highest BCUT2D eigenvalue weighted by Crippen LogP contribution is 2.36. The van der Waals surface area contributed by atoms with Crippen LogP contribution >= 0.6 is 11.8 Å². The average molecular weight is 449 g/mol. The molecule has 0 atom stereocenters. The Hall–Kier alpha value is -2.94. The van der Waals surface area contributed by atoms with Crippen molar-refractivity contribution in [1.82, 2.24) is 4.90 Å². The average Bonchev–Trinajstić information content (AvgIpc) is 3.00. The summed E-state index contributed by atoms with van der Waals surface area (Å²) in [5, 5.41) is 2.02. The second-order valence-corrected chi connectivity index (χ2v) is 7.74. The number of nitrogens with zero attached hydrogens (tertiary/aromatic N) is 2. The first-order valence-electron chi connectivity index (χ1n) is 9.75. The Morgan fingerprint density at radius 2 is 1.68 bits per heavy atom. The zero-order valence-electron chi connectivity index (χ0n) is 17.1. The first kappa shape index (κ1) is 22.7. The number of nitrogens with one attached hydrogen (secondary N) is 1. The minimum absolute atomic E-state index is 0.190. The van der Waals surface area contributed by atoms with Gasteiger partial charge in [0.15, 0.2) is 0 Å². The number of anilines is 2. The summed E-state index contributed by atoms with van der Waals surface area (Å²) in [6.07, 6.45) is -2.93. The van der Waals surface area contributed by atoms with Crippen LogP contribution in [0.2, 0.25) is 0 Å². The maximum absolute atomic E-state index is 13.1. The Balaban J connectivity index is 1.72. The lowest BCUT2D eigenvalue weighted by atomic mass is 10.1. The van der Waals surface area contributed by atoms with Crippen LogP contribution in [0, 0.1) is 0 Å². The lowest BCUT2D eigenvalue weighted by Crippen LogP contribution is -2.33. The predicted octanol–water partition coefficient (Wildman–Crippen LogP) is 5.66. The van der Waals surface area contributed by atoms with E-state index in [9.17, 15) is 22.8 Å². The highest BCUT2D eigenvalue weighted by Gasteiger charge is 2.36. The molecule has 1 aliphatic heterocycles. The van der Waals surface area contributed by atoms with Gasteiger partial charge in [-0.2, -0.15) is 13.2 Å². The molecule has 0 spiro atoms. The smallest absolute Gasteiger partial charge is 0.372 e. The fourth-order valence-corrected chi connectivity index (χ4v) is 4.04. The van der Waals surface area contributed by atoms with Crippen molar-refractivity contribution in [3.8, 4) is 0 Å². The number of rotatable bonds is 7. The van der Waals surface area contributed by atoms with Gasteiger partial charge in [0.05, 0.1) is 17.1 Å². The number of alkyl halides is 3. The molecule has 0 bridgehead atoms. The quantitative estimate of drug-likeness (QED) is 0.553. The molecule has 3 rings (SSSR count). The highest BCUT2D eigenvalue weighted by atomic mass is 32.2. The standard InChI is InChI=1S/C22H22F3N3O2S/c1-3-27(4-2)16-11-9-15(10-12-16)13-19-20(29)28(21(30)31-19)14-26-18-8-6-5-7-17(18)22(23,24)25/h5-13,26H,3-4,14H2,1-2H3/b19-13-. The summed E-state index contributed by atoms with van der Waals surface area (Å²) in [5.41, 5.74) is 0.774. The van der Waals surface area contributed by atoms with Gasteiger partial charge < -0.3 is 10.2 Å². The maximum atomic E-state index is 13.1. The van der Waals surface area contributed by atoms with Crippen LogP contribution in [0.5, 0.6) is 0 Å². The molecular weight excluding hydrogens is 427 g/mol. The van der Waals surface area contributed by atoms with Crippen molar-refractivity contribution in [1.29, 1.82) is 0 Å². The van der Waals surface area contributed by atoms with E-state index in [-0.39, 0.29) is 17.3 Å². The Morgan fingerprint density at radius 1 is 1.03 bits per heavy atom. The van der Waals surface area contributed by atoms with Crippen molar-refractivity contribution in [3.63, 3.8) is 0 Å². The second kappa shape index (κ2) is 9.47. The SMILES string of the molecule is CCN(CC)c1ccc(/C=C2\SC(=O)N(CNc3ccccc3C(F)(F)F)C2=O)cc1. The van der Waals surface area contributed by atoms with Gasteiger partial charge in [-0.1, -0.05) is 24.3 Å². The number of para-hydroxylation sites is 1. The van der Waals surface area contributed by atoms with Gasteiger partial charge >= 0.3 is 6.18 Å². The summed E-state index contributed by atoms with van der Waals surface area (Å²) in [7, 11) is 0. The molecule has 0 radical (unpaired) electrons. The molecule has 0 aliphatic carbocycles. The largest absolute Gasteiger partial charge is 0.418 e. The lowest BCUT2D eigenvalue weighted by molar-refractivity contribution is -0.137. The number of imide groups is 1. The molecule has 2 aromatic rings. The Morgan fingerprint density at radius 3 is 2.29 bits per heavy atom. The van der Waals surface area contributed by atoms with Gasteiger partial charge in [-0.05, 0) is 61.5 Å². The summed E-state index contributed by atoms with van der Waals surface area (Å²) in [6.45, 7) is 5.53. The van der Waals surface area contributed by atoms with E-state index in [0.717, 1.165) is 47.1 Å². The van der Waals surface area contributed by atoms with Crippen LogP contribution in [0.1, 0.15) is 25.0 Å². The first-order chi connectivity index (χ1) is 14.7. The lowest BCUT2D eigenvalue weighted by Gasteiger charge is -2.20. The molecular formula is C22H22F3N3O2S. The van der Waals surface area contributed by atoms with E-state index in [0.29, 0.717) is 0 Å². The zero-order chi connectivity index (χ0) is 22.6. The summed E-state index contributed by atoms with van der Waals surface area (Å²) in [4.78, 5) is 28.2. The molecule has 2 aromatic carbocycles. The molecule has 164 valence electrons. The van der Waals surface area contributed by atoms with Crippen molar-refractivity contribution < 1.29 is 22.8 Å². The van der Waals surface area contributed by atoms with E-state index in [4.69, 9.17) is 0 Å². The third-order valence-electron chi connectivity index (χ3n) is 4.85. The number of halogens is 3. The normalized spacial score (nSPS) is 15.6. The van der Waals surface area contributed by atoms with Crippen LogP contribution in [0.15, 0.2) is 53.4 Å². The molecule has 1 heterocycles. The van der Waals surface area contributed by atoms with E-state index in [2.05, 4.69) is 24.1 Å². The summed E-state index contributed by atoms with van der Waals surface area (Å²) >= 11 is 0.767. The molecule has 5 nitrogen and oxygen atoms in total. The Bertz CT molecular complexity index is 986. The Labute approximate surface area is 182 Å². The number of hydrogen-bond donors (Lipinski definition) is 1. The molecule has 2 amide bonds. The van der Waals surface area contributed by atoms with Crippen LogP contribution in [-0.2, 0) is 11.0 Å². The number of carbonyl (C=O) groups is 2. The highest BCUT2D eigenvalue weighted by molar-refractivity contribution is 8.18. The van der Waals surface area contributed by atoms with Crippen molar-refractivity contribution in [2.24, 2.45) is 0 Å². The summed E-state index contributed by atoms with van der Waals surface area (Å²) < 4.78 is 39.4. The van der Waals surface area contributed by atoms with Crippen molar-refractivity contribution >= 4 is 40.4 Å². The summed E-state index contributed by atoms with van der Waals surface area (Å²) in [5.74, 6) is -0.542. The second-order valence-electron chi connectivity index (χ2n) is 6.75. The zero-order valence-corrected chi connectivity index (χ0v) is 17.9. The van der Waals surface area contributed by atoms with Gasteiger partial charge in [0.1, 0.15) is 0 Å². The van der Waals surface area contributed by atoms with Gasteiger partial charge in [0, 0.05) is 24.5 Å². The van der Waals surface area contributed by atoms with Crippen molar-refractivity contribution in [2.45, 2.75) is 20.0 Å². The van der Waals surface area contributed by atoms with Gasteiger partial charge in [0.2, 0.25) is 0 Å². The third-order valence-corrected chi connectivity index (χ3v) is 5.76. The van der Waals surface area contributed by atoms with Crippen LogP contribution < -0.4 is 10.2 Å². The van der Waals surface area contributed by atoms with E-state index in [1.807, 2.05) is 24.3 Å². The van der Waals surface area contributed by atoms with Gasteiger partial charge in [-0.25, -0.2) is 0 Å². The van der Waals surface area contributed by atoms with Crippen LogP contribution in [-0.4, -0.2) is 35.8 Å². The first-order valence-corrected chi connectivity index (χ1v) is 10.6. The van der Waals surface area contributed by atoms with Crippen LogP contribution in [0.25, 0.3) is 6.08 Å². The minimum atomic E-state index is -4.54. The van der Waals surface area contributed by atoms with Crippen LogP contribution in [0.3, 0.4) is 0 Å². The fraction of sp³-hybridized carbons (Fsp3) is 0.273. The molecule has 0 aromatic heterocycles. The molecule has 0 unspecified atom stereocenters. The van der Waals surface area contributed by atoms with E-state index in [1.54, 1.807) is 6.08 Å². The molecule has 31 heavy (non-hydrogen) atoms. The van der Waals surface area contributed by atoms with E-state index < -0.39 is 22.9 Å². The van der Waals surface area contributed by atoms with Crippen molar-refractivity contribution in [3.05, 3.63) is 64.6 Å². The van der Waals surface area contributed by atoms with E-state index >= 15 is 0 Å². The number of carbonyl (C=O) groups excluding carboxylic acids is 2. The number of benzene rings is 2. The molecule has 9 heteroatoms. The minimum Gasteiger partial charge on any atom is -0.372 e. The third kappa shape index (κ3) is 5.22. The number of thioether (sulfide) groups is 1. The Kier molecular flexibility index (Phi) is 6.94. The van der Waals surface area contributed by atoms with Crippen molar-refractivity contribution in [2.75, 3.05) is 30.0 Å². The molecule has 1 N–H and O–H groups in total. The number of hydrogen-bond acceptors (Lipinski definition) is 5. The monoisotopic (exact) mass is 449 g/mol. The van der Waals surface area contributed by atoms with Crippen LogP contribution in [0.4, 0.5) is 29.3 Å². The molecule has 1 saturated heterocycles. The molecule has 0 saturated carbocycles. The van der Waals surface area contributed by atoms with Gasteiger partial charge in [0.25, 0.3) is 11.1 Å². The van der Waals surface area contributed by atoms with E-state index in [1.165, 1.54) is 18.2 Å². The maximum Gasteiger partial charge on any atom is 0.418 e. The molecule has 1 fully saturated rings. The summed E-state index contributed by atoms with van der Waals surface area (Å²) in [6, 6.07) is 12.5. The fourth-order valence-electron chi connectivity index (χ4n) is 3.21.